The molecular formula is C22H24N6O5S. The molecule has 0 atom stereocenters. The van der Waals surface area contributed by atoms with E-state index in [-0.39, 0.29) is 18.0 Å². The fraction of sp³-hybridized carbons (Fsp3) is 0.227. The first-order valence-corrected chi connectivity index (χ1v) is 11.9. The van der Waals surface area contributed by atoms with Crippen LogP contribution in [-0.2, 0) is 17.1 Å². The number of aryl methyl sites for hydroxylation is 1. The smallest absolute Gasteiger partial charge is 0.269 e. The number of nitrogens with one attached hydrogen (secondary N) is 2. The maximum atomic E-state index is 12.7. The van der Waals surface area contributed by atoms with Gasteiger partial charge in [0.05, 0.1) is 36.9 Å². The summed E-state index contributed by atoms with van der Waals surface area (Å²) in [6.07, 6.45) is 3.28. The minimum absolute atomic E-state index is 0.0773. The number of hydrogen-bond donors (Lipinski definition) is 2. The highest BCUT2D eigenvalue weighted by Crippen LogP contribution is 2.32. The fourth-order valence-electron chi connectivity index (χ4n) is 3.43. The van der Waals surface area contributed by atoms with Gasteiger partial charge in [-0.15, -0.1) is 0 Å². The van der Waals surface area contributed by atoms with E-state index in [4.69, 9.17) is 9.47 Å². The molecular weight excluding hydrogens is 460 g/mol. The molecule has 2 N–H and O–H groups in total. The van der Waals surface area contributed by atoms with Crippen LogP contribution >= 0.6 is 0 Å². The number of hydrogen-bond acceptors (Lipinski definition) is 7. The van der Waals surface area contributed by atoms with Crippen molar-refractivity contribution in [2.75, 3.05) is 31.2 Å². The van der Waals surface area contributed by atoms with Crippen molar-refractivity contribution < 1.29 is 22.7 Å². The van der Waals surface area contributed by atoms with Crippen LogP contribution in [0.1, 0.15) is 10.5 Å². The molecule has 0 spiro atoms. The Morgan fingerprint density at radius 3 is 2.68 bits per heavy atom. The van der Waals surface area contributed by atoms with Crippen LogP contribution in [0.2, 0.25) is 0 Å². The van der Waals surface area contributed by atoms with E-state index in [0.717, 1.165) is 5.52 Å². The van der Waals surface area contributed by atoms with E-state index < -0.39 is 15.9 Å². The molecule has 0 radical (unpaired) electrons. The van der Waals surface area contributed by atoms with Crippen LogP contribution in [0.15, 0.2) is 54.9 Å². The van der Waals surface area contributed by atoms with Gasteiger partial charge in [-0.25, -0.2) is 12.9 Å². The number of aromatic nitrogens is 4. The molecule has 0 saturated carbocycles. The predicted octanol–water partition coefficient (Wildman–Crippen LogP) is 1.92. The van der Waals surface area contributed by atoms with Gasteiger partial charge < -0.3 is 14.8 Å². The highest BCUT2D eigenvalue weighted by molar-refractivity contribution is 7.92. The molecule has 11 nitrogen and oxygen atoms in total. The molecule has 12 heteroatoms. The molecule has 178 valence electrons. The number of methoxy groups -OCH3 is 2. The molecule has 0 bridgehead atoms. The van der Waals surface area contributed by atoms with Gasteiger partial charge in [0.1, 0.15) is 17.2 Å². The van der Waals surface area contributed by atoms with Gasteiger partial charge in [-0.1, -0.05) is 0 Å². The maximum absolute atomic E-state index is 12.7. The molecule has 0 aliphatic rings. The van der Waals surface area contributed by atoms with Gasteiger partial charge >= 0.3 is 0 Å². The third-order valence-corrected chi connectivity index (χ3v) is 6.41. The normalized spacial score (nSPS) is 11.4. The summed E-state index contributed by atoms with van der Waals surface area (Å²) in [5.41, 5.74) is 2.64. The average Bonchev–Trinajstić information content (AvgIpc) is 3.44. The number of sulfonamides is 1. The van der Waals surface area contributed by atoms with Crippen molar-refractivity contribution in [2.45, 2.75) is 0 Å². The maximum Gasteiger partial charge on any atom is 0.269 e. The van der Waals surface area contributed by atoms with Crippen LogP contribution in [-0.4, -0.2) is 60.2 Å². The minimum Gasteiger partial charge on any atom is -0.497 e. The van der Waals surface area contributed by atoms with Crippen LogP contribution in [0.3, 0.4) is 0 Å². The number of fused-ring (bicyclic) bond motifs is 1. The number of carbonyl (C=O) groups excluding carboxylic acids is 1. The molecule has 1 aromatic carbocycles. The first kappa shape index (κ1) is 23.1. The third-order valence-electron chi connectivity index (χ3n) is 5.12. The van der Waals surface area contributed by atoms with Crippen molar-refractivity contribution in [1.29, 1.82) is 0 Å². The number of anilines is 1. The zero-order valence-electron chi connectivity index (χ0n) is 18.8. The van der Waals surface area contributed by atoms with Gasteiger partial charge in [-0.2, -0.15) is 10.2 Å². The summed E-state index contributed by atoms with van der Waals surface area (Å²) in [7, 11) is 1.06. The zero-order valence-corrected chi connectivity index (χ0v) is 19.7. The quantitative estimate of drug-likeness (QED) is 0.371. The lowest BCUT2D eigenvalue weighted by Crippen LogP contribution is -2.32. The third kappa shape index (κ3) is 4.96. The van der Waals surface area contributed by atoms with Crippen LogP contribution in [0.25, 0.3) is 16.8 Å². The van der Waals surface area contributed by atoms with E-state index >= 15 is 0 Å². The second kappa shape index (κ2) is 9.43. The lowest BCUT2D eigenvalue weighted by Gasteiger charge is -2.09. The Hall–Kier alpha value is -4.06. The summed E-state index contributed by atoms with van der Waals surface area (Å²) in [5.74, 6) is 0.464. The number of nitrogens with zero attached hydrogens (tertiary/aromatic N) is 4. The molecule has 4 aromatic rings. The Kier molecular flexibility index (Phi) is 6.41. The molecule has 3 aromatic heterocycles. The largest absolute Gasteiger partial charge is 0.497 e. The summed E-state index contributed by atoms with van der Waals surface area (Å²) in [6, 6.07) is 11.9. The van der Waals surface area contributed by atoms with Gasteiger partial charge in [-0.3, -0.25) is 14.2 Å². The summed E-state index contributed by atoms with van der Waals surface area (Å²) in [4.78, 5) is 12.7. The second-order valence-corrected chi connectivity index (χ2v) is 9.24. The summed E-state index contributed by atoms with van der Waals surface area (Å²) >= 11 is 0. The Morgan fingerprint density at radius 1 is 1.09 bits per heavy atom. The van der Waals surface area contributed by atoms with Crippen LogP contribution < -0.4 is 19.5 Å². The Balaban J connectivity index is 1.41. The van der Waals surface area contributed by atoms with Gasteiger partial charge in [0.25, 0.3) is 5.91 Å². The van der Waals surface area contributed by atoms with Crippen LogP contribution in [0.4, 0.5) is 5.69 Å². The Morgan fingerprint density at radius 2 is 1.91 bits per heavy atom. The van der Waals surface area contributed by atoms with Crippen molar-refractivity contribution in [3.63, 3.8) is 0 Å². The number of carbonyl (C=O) groups is 1. The van der Waals surface area contributed by atoms with Crippen molar-refractivity contribution in [3.8, 4) is 22.8 Å². The molecule has 0 unspecified atom stereocenters. The average molecular weight is 485 g/mol. The van der Waals surface area contributed by atoms with Crippen molar-refractivity contribution in [1.82, 2.24) is 24.7 Å². The van der Waals surface area contributed by atoms with Crippen molar-refractivity contribution in [3.05, 3.63) is 60.6 Å². The SMILES string of the molecule is COc1ccc(OC)c(-c2cc(C(=O)NCCS(=O)(=O)Nc3ccn4nccc4c3)n(C)n2)c1. The highest BCUT2D eigenvalue weighted by atomic mass is 32.2. The number of rotatable bonds is 9. The Labute approximate surface area is 196 Å². The van der Waals surface area contributed by atoms with E-state index in [0.29, 0.717) is 28.4 Å². The number of ether oxygens (including phenoxy) is 2. The fourth-order valence-corrected chi connectivity index (χ4v) is 4.39. The van der Waals surface area contributed by atoms with Gasteiger partial charge in [0, 0.05) is 31.5 Å². The van der Waals surface area contributed by atoms with E-state index in [1.807, 2.05) is 0 Å². The summed E-state index contributed by atoms with van der Waals surface area (Å²) in [5, 5.41) is 11.1. The number of amides is 1. The summed E-state index contributed by atoms with van der Waals surface area (Å²) < 4.78 is 41.1. The van der Waals surface area contributed by atoms with Crippen LogP contribution in [0.5, 0.6) is 11.5 Å². The minimum atomic E-state index is -3.68. The molecule has 0 aliphatic heterocycles. The summed E-state index contributed by atoms with van der Waals surface area (Å²) in [6.45, 7) is -0.0773. The topological polar surface area (TPSA) is 129 Å². The predicted molar refractivity (Wildman–Crippen MR) is 127 cm³/mol. The molecule has 0 fully saturated rings. The van der Waals surface area contributed by atoms with E-state index in [2.05, 4.69) is 20.2 Å². The Bertz CT molecular complexity index is 1440. The van der Waals surface area contributed by atoms with E-state index in [1.54, 1.807) is 80.6 Å². The first-order valence-electron chi connectivity index (χ1n) is 10.3. The second-order valence-electron chi connectivity index (χ2n) is 7.40. The van der Waals surface area contributed by atoms with E-state index in [9.17, 15) is 13.2 Å². The lowest BCUT2D eigenvalue weighted by atomic mass is 10.1. The highest BCUT2D eigenvalue weighted by Gasteiger charge is 2.18. The standard InChI is InChI=1S/C22H24N6O5S/c1-27-20(14-19(25-27)18-13-17(32-2)4-5-21(18)33-3)22(29)23-9-11-34(30,31)26-15-7-10-28-16(12-15)6-8-24-28/h4-8,10,12-14,26H,9,11H2,1-3H3,(H,23,29). The zero-order chi connectivity index (χ0) is 24.3. The first-order chi connectivity index (χ1) is 16.3. The molecule has 0 saturated heterocycles. The lowest BCUT2D eigenvalue weighted by molar-refractivity contribution is 0.0946. The van der Waals surface area contributed by atoms with Crippen molar-refractivity contribution in [2.24, 2.45) is 7.05 Å². The molecule has 3 heterocycles. The molecule has 4 rings (SSSR count). The molecule has 0 aliphatic carbocycles. The molecule has 34 heavy (non-hydrogen) atoms. The van der Waals surface area contributed by atoms with Crippen molar-refractivity contribution >= 4 is 27.1 Å². The van der Waals surface area contributed by atoms with Gasteiger partial charge in [0.15, 0.2) is 0 Å². The number of pyridine rings is 1. The number of benzene rings is 1. The van der Waals surface area contributed by atoms with Gasteiger partial charge in [0.2, 0.25) is 10.0 Å². The monoisotopic (exact) mass is 484 g/mol. The molecule has 1 amide bonds. The van der Waals surface area contributed by atoms with Crippen LogP contribution in [0, 0.1) is 0 Å². The van der Waals surface area contributed by atoms with E-state index in [1.165, 1.54) is 4.68 Å². The van der Waals surface area contributed by atoms with Gasteiger partial charge in [-0.05, 0) is 42.5 Å².